The molecule has 0 aromatic heterocycles. The van der Waals surface area contributed by atoms with Gasteiger partial charge in [-0.15, -0.1) is 0 Å². The second kappa shape index (κ2) is 3.53. The van der Waals surface area contributed by atoms with Gasteiger partial charge in [-0.2, -0.15) is 0 Å². The molecule has 3 atom stereocenters. The van der Waals surface area contributed by atoms with Crippen LogP contribution >= 0.6 is 0 Å². The van der Waals surface area contributed by atoms with Gasteiger partial charge in [0.2, 0.25) is 5.79 Å². The predicted octanol–water partition coefficient (Wildman–Crippen LogP) is 0.235. The predicted molar refractivity (Wildman–Crippen MR) is 44.4 cm³/mol. The summed E-state index contributed by atoms with van der Waals surface area (Å²) in [6.07, 6.45) is 3.22. The molecule has 0 spiro atoms. The largest absolute Gasteiger partial charge is 0.352 e. The average molecular weight is 173 g/mol. The summed E-state index contributed by atoms with van der Waals surface area (Å²) < 4.78 is 15.6. The molecule has 0 saturated carbocycles. The summed E-state index contributed by atoms with van der Waals surface area (Å²) in [5.41, 5.74) is 5.70. The molecule has 0 bridgehead atoms. The minimum atomic E-state index is -0.819. The molecule has 2 N–H and O–H groups in total. The molecule has 1 heterocycles. The number of hydrogen-bond donors (Lipinski definition) is 1. The van der Waals surface area contributed by atoms with Crippen molar-refractivity contribution in [1.29, 1.82) is 0 Å². The molecule has 4 heteroatoms. The third-order valence-corrected chi connectivity index (χ3v) is 1.97. The van der Waals surface area contributed by atoms with E-state index in [-0.39, 0.29) is 12.3 Å². The Morgan fingerprint density at radius 3 is 2.50 bits per heavy atom. The first-order valence-corrected chi connectivity index (χ1v) is 3.85. The Morgan fingerprint density at radius 2 is 2.25 bits per heavy atom. The highest BCUT2D eigenvalue weighted by atomic mass is 16.8. The summed E-state index contributed by atoms with van der Waals surface area (Å²) in [5.74, 6) is -0.819. The number of nitrogens with two attached hydrogens (primary N) is 1. The van der Waals surface area contributed by atoms with Crippen LogP contribution < -0.4 is 5.73 Å². The number of rotatable bonds is 3. The van der Waals surface area contributed by atoms with Gasteiger partial charge >= 0.3 is 0 Å². The van der Waals surface area contributed by atoms with Crippen molar-refractivity contribution >= 4 is 0 Å². The van der Waals surface area contributed by atoms with Crippen LogP contribution in [0.15, 0.2) is 12.2 Å². The standard InChI is InChI=1S/C8H15NO3/c1-6(9)8(11-3)5-4-7(10-2)12-8/h4-7H,9H2,1-3H3. The van der Waals surface area contributed by atoms with Crippen molar-refractivity contribution in [2.45, 2.75) is 25.0 Å². The lowest BCUT2D eigenvalue weighted by atomic mass is 10.1. The van der Waals surface area contributed by atoms with Crippen LogP contribution in [0.1, 0.15) is 6.92 Å². The van der Waals surface area contributed by atoms with Crippen molar-refractivity contribution in [3.8, 4) is 0 Å². The maximum atomic E-state index is 5.70. The fourth-order valence-corrected chi connectivity index (χ4v) is 1.16. The van der Waals surface area contributed by atoms with Gasteiger partial charge in [0.15, 0.2) is 6.29 Å². The van der Waals surface area contributed by atoms with Gasteiger partial charge in [0.25, 0.3) is 0 Å². The van der Waals surface area contributed by atoms with Gasteiger partial charge in [-0.05, 0) is 19.1 Å². The normalized spacial score (nSPS) is 37.2. The SMILES string of the molecule is COC1C=CC(OC)(C(C)N)O1. The molecule has 0 aliphatic carbocycles. The van der Waals surface area contributed by atoms with Gasteiger partial charge in [-0.25, -0.2) is 0 Å². The van der Waals surface area contributed by atoms with Gasteiger partial charge < -0.3 is 19.9 Å². The molecule has 70 valence electrons. The minimum Gasteiger partial charge on any atom is -0.352 e. The van der Waals surface area contributed by atoms with E-state index in [9.17, 15) is 0 Å². The van der Waals surface area contributed by atoms with Gasteiger partial charge in [0, 0.05) is 14.2 Å². The van der Waals surface area contributed by atoms with Crippen molar-refractivity contribution in [2.24, 2.45) is 5.73 Å². The Hall–Kier alpha value is -0.420. The molecular formula is C8H15NO3. The molecule has 1 aliphatic rings. The van der Waals surface area contributed by atoms with E-state index in [1.54, 1.807) is 26.4 Å². The monoisotopic (exact) mass is 173 g/mol. The third kappa shape index (κ3) is 1.51. The van der Waals surface area contributed by atoms with Crippen molar-refractivity contribution < 1.29 is 14.2 Å². The third-order valence-electron chi connectivity index (χ3n) is 1.97. The lowest BCUT2D eigenvalue weighted by molar-refractivity contribution is -0.249. The molecular weight excluding hydrogens is 158 g/mol. The molecule has 0 radical (unpaired) electrons. The van der Waals surface area contributed by atoms with E-state index in [1.165, 1.54) is 0 Å². The smallest absolute Gasteiger partial charge is 0.205 e. The van der Waals surface area contributed by atoms with Gasteiger partial charge in [0.1, 0.15) is 0 Å². The van der Waals surface area contributed by atoms with E-state index < -0.39 is 5.79 Å². The highest BCUT2D eigenvalue weighted by Crippen LogP contribution is 2.26. The molecule has 12 heavy (non-hydrogen) atoms. The van der Waals surface area contributed by atoms with Crippen LogP contribution in [0.25, 0.3) is 0 Å². The number of methoxy groups -OCH3 is 2. The first kappa shape index (κ1) is 9.67. The van der Waals surface area contributed by atoms with Crippen molar-refractivity contribution in [1.82, 2.24) is 0 Å². The summed E-state index contributed by atoms with van der Waals surface area (Å²) in [6, 6.07) is -0.223. The van der Waals surface area contributed by atoms with Gasteiger partial charge in [-0.3, -0.25) is 0 Å². The van der Waals surface area contributed by atoms with Crippen molar-refractivity contribution in [3.63, 3.8) is 0 Å². The average Bonchev–Trinajstić information content (AvgIpc) is 2.48. The maximum Gasteiger partial charge on any atom is 0.205 e. The van der Waals surface area contributed by atoms with E-state index in [0.717, 1.165) is 0 Å². The van der Waals surface area contributed by atoms with Gasteiger partial charge in [0.05, 0.1) is 6.04 Å². The van der Waals surface area contributed by atoms with Crippen LogP contribution in [-0.4, -0.2) is 32.3 Å². The first-order valence-electron chi connectivity index (χ1n) is 3.85. The quantitative estimate of drug-likeness (QED) is 0.621. The lowest BCUT2D eigenvalue weighted by Crippen LogP contribution is -2.47. The Balaban J connectivity index is 2.68. The maximum absolute atomic E-state index is 5.70. The van der Waals surface area contributed by atoms with Crippen LogP contribution in [0.5, 0.6) is 0 Å². The molecule has 4 nitrogen and oxygen atoms in total. The molecule has 3 unspecified atom stereocenters. The van der Waals surface area contributed by atoms with Crippen molar-refractivity contribution in [2.75, 3.05) is 14.2 Å². The zero-order valence-electron chi connectivity index (χ0n) is 7.61. The van der Waals surface area contributed by atoms with E-state index in [2.05, 4.69) is 0 Å². The van der Waals surface area contributed by atoms with E-state index >= 15 is 0 Å². The van der Waals surface area contributed by atoms with E-state index in [1.807, 2.05) is 6.92 Å². The Bertz CT molecular complexity index is 181. The first-order chi connectivity index (χ1) is 5.64. The molecule has 0 amide bonds. The zero-order chi connectivity index (χ0) is 9.19. The summed E-state index contributed by atoms with van der Waals surface area (Å²) >= 11 is 0. The lowest BCUT2D eigenvalue weighted by Gasteiger charge is -2.30. The summed E-state index contributed by atoms with van der Waals surface area (Å²) in [4.78, 5) is 0. The summed E-state index contributed by atoms with van der Waals surface area (Å²) in [7, 11) is 3.13. The molecule has 1 aliphatic heterocycles. The summed E-state index contributed by atoms with van der Waals surface area (Å²) in [6.45, 7) is 1.83. The number of ether oxygens (including phenoxy) is 3. The second-order valence-electron chi connectivity index (χ2n) is 2.80. The molecule has 1 rings (SSSR count). The second-order valence-corrected chi connectivity index (χ2v) is 2.80. The fourth-order valence-electron chi connectivity index (χ4n) is 1.16. The molecule has 0 fully saturated rings. The highest BCUT2D eigenvalue weighted by Gasteiger charge is 2.39. The summed E-state index contributed by atoms with van der Waals surface area (Å²) in [5, 5.41) is 0. The molecule has 0 aromatic rings. The number of hydrogen-bond acceptors (Lipinski definition) is 4. The van der Waals surface area contributed by atoms with Crippen LogP contribution in [0, 0.1) is 0 Å². The minimum absolute atomic E-state index is 0.223. The highest BCUT2D eigenvalue weighted by molar-refractivity contribution is 5.08. The van der Waals surface area contributed by atoms with Crippen molar-refractivity contribution in [3.05, 3.63) is 12.2 Å². The van der Waals surface area contributed by atoms with Crippen LogP contribution in [0.4, 0.5) is 0 Å². The topological polar surface area (TPSA) is 53.7 Å². The van der Waals surface area contributed by atoms with Crippen LogP contribution in [0.3, 0.4) is 0 Å². The molecule has 0 aromatic carbocycles. The fraction of sp³-hybridized carbons (Fsp3) is 0.750. The Kier molecular flexibility index (Phi) is 2.85. The van der Waals surface area contributed by atoms with Crippen LogP contribution in [0.2, 0.25) is 0 Å². The Morgan fingerprint density at radius 1 is 1.58 bits per heavy atom. The Labute approximate surface area is 72.3 Å². The van der Waals surface area contributed by atoms with E-state index in [4.69, 9.17) is 19.9 Å². The zero-order valence-corrected chi connectivity index (χ0v) is 7.61. The molecule has 0 saturated heterocycles. The van der Waals surface area contributed by atoms with Gasteiger partial charge in [-0.1, -0.05) is 0 Å². The van der Waals surface area contributed by atoms with E-state index in [0.29, 0.717) is 0 Å². The van der Waals surface area contributed by atoms with Crippen LogP contribution in [-0.2, 0) is 14.2 Å².